The average Bonchev–Trinajstić information content (AvgIpc) is 2.98. The zero-order chi connectivity index (χ0) is 22.8. The maximum absolute atomic E-state index is 14.8. The number of carbonyl (C=O) groups excluding carboxylic acids is 2. The second-order valence-corrected chi connectivity index (χ2v) is 9.59. The van der Waals surface area contributed by atoms with Gasteiger partial charge >= 0.3 is 0 Å². The normalized spacial score (nSPS) is 16.8. The number of fused-ring (bicyclic) bond motifs is 1. The van der Waals surface area contributed by atoms with Gasteiger partial charge in [0, 0.05) is 37.2 Å². The van der Waals surface area contributed by atoms with Crippen molar-refractivity contribution < 1.29 is 18.7 Å². The van der Waals surface area contributed by atoms with Crippen molar-refractivity contribution in [3.63, 3.8) is 0 Å². The Kier molecular flexibility index (Phi) is 7.06. The van der Waals surface area contributed by atoms with Gasteiger partial charge in [0.15, 0.2) is 0 Å². The van der Waals surface area contributed by atoms with Crippen LogP contribution in [0, 0.1) is 5.82 Å². The predicted octanol–water partition coefficient (Wildman–Crippen LogP) is 2.79. The number of anilines is 1. The van der Waals surface area contributed by atoms with Gasteiger partial charge in [-0.2, -0.15) is 5.10 Å². The molecule has 0 aliphatic carbocycles. The number of thioether (sulfide) groups is 1. The molecule has 1 aromatic carbocycles. The van der Waals surface area contributed by atoms with Crippen LogP contribution >= 0.6 is 11.8 Å². The third kappa shape index (κ3) is 4.93. The highest BCUT2D eigenvalue weighted by Crippen LogP contribution is 2.47. The van der Waals surface area contributed by atoms with E-state index in [0.717, 1.165) is 11.3 Å². The van der Waals surface area contributed by atoms with Gasteiger partial charge in [-0.1, -0.05) is 39.0 Å². The molecule has 0 saturated carbocycles. The second kappa shape index (κ2) is 9.40. The number of nitrogens with zero attached hydrogens (tertiary/aromatic N) is 3. The largest absolute Gasteiger partial charge is 0.383 e. The molecule has 1 aliphatic heterocycles. The monoisotopic (exact) mass is 448 g/mol. The Morgan fingerprint density at radius 3 is 2.71 bits per heavy atom. The number of methoxy groups -OCH3 is 1. The van der Waals surface area contributed by atoms with E-state index >= 15 is 0 Å². The predicted molar refractivity (Wildman–Crippen MR) is 120 cm³/mol. The van der Waals surface area contributed by atoms with Crippen LogP contribution < -0.4 is 10.2 Å². The summed E-state index contributed by atoms with van der Waals surface area (Å²) in [5.41, 5.74) is 1.73. The summed E-state index contributed by atoms with van der Waals surface area (Å²) in [4.78, 5) is 27.1. The highest BCUT2D eigenvalue weighted by molar-refractivity contribution is 8.00. The number of ether oxygens (including phenoxy) is 1. The SMILES string of the molecule is COCCNC(=O)CN1C(=O)CSC(c2ccccc2F)c2c(C(C)(C)C)nn(C)c21. The maximum Gasteiger partial charge on any atom is 0.240 e. The zero-order valence-corrected chi connectivity index (χ0v) is 19.4. The van der Waals surface area contributed by atoms with E-state index in [2.05, 4.69) is 5.32 Å². The lowest BCUT2D eigenvalue weighted by molar-refractivity contribution is -0.123. The molecule has 0 spiro atoms. The molecule has 1 atom stereocenters. The number of aromatic nitrogens is 2. The Bertz CT molecular complexity index is 970. The molecule has 2 aromatic rings. The summed E-state index contributed by atoms with van der Waals surface area (Å²) in [5, 5.41) is 7.06. The van der Waals surface area contributed by atoms with Gasteiger partial charge in [0.25, 0.3) is 0 Å². The van der Waals surface area contributed by atoms with Crippen LogP contribution in [0.5, 0.6) is 0 Å². The first-order chi connectivity index (χ1) is 14.6. The number of halogens is 1. The van der Waals surface area contributed by atoms with Crippen LogP contribution in [0.25, 0.3) is 0 Å². The summed E-state index contributed by atoms with van der Waals surface area (Å²) < 4.78 is 21.4. The fraction of sp³-hybridized carbons (Fsp3) is 0.500. The van der Waals surface area contributed by atoms with Gasteiger partial charge in [-0.05, 0) is 6.07 Å². The van der Waals surface area contributed by atoms with Crippen molar-refractivity contribution in [2.24, 2.45) is 7.05 Å². The van der Waals surface area contributed by atoms with Crippen LogP contribution in [0.15, 0.2) is 24.3 Å². The molecule has 2 heterocycles. The Morgan fingerprint density at radius 2 is 2.06 bits per heavy atom. The molecule has 0 radical (unpaired) electrons. The number of hydrogen-bond donors (Lipinski definition) is 1. The van der Waals surface area contributed by atoms with E-state index in [4.69, 9.17) is 9.84 Å². The number of nitrogens with one attached hydrogen (secondary N) is 1. The molecule has 9 heteroatoms. The van der Waals surface area contributed by atoms with E-state index in [0.29, 0.717) is 24.5 Å². The quantitative estimate of drug-likeness (QED) is 0.688. The van der Waals surface area contributed by atoms with Gasteiger partial charge in [0.2, 0.25) is 11.8 Å². The van der Waals surface area contributed by atoms with Crippen molar-refractivity contribution in [2.45, 2.75) is 31.4 Å². The lowest BCUT2D eigenvalue weighted by atomic mass is 9.87. The average molecular weight is 449 g/mol. The zero-order valence-electron chi connectivity index (χ0n) is 18.6. The molecule has 2 amide bonds. The molecule has 0 bridgehead atoms. The summed E-state index contributed by atoms with van der Waals surface area (Å²) >= 11 is 1.36. The molecular weight excluding hydrogens is 419 g/mol. The molecule has 0 fully saturated rings. The van der Waals surface area contributed by atoms with Crippen molar-refractivity contribution in [3.05, 3.63) is 46.9 Å². The first kappa shape index (κ1) is 23.3. The topological polar surface area (TPSA) is 76.5 Å². The Balaban J connectivity index is 2.11. The standard InChI is InChI=1S/C22H29FN4O3S/c1-22(2,3)20-18-19(14-8-6-7-9-15(14)23)31-13-17(29)27(21(18)26(4)25-20)12-16(28)24-10-11-30-5/h6-9,19H,10-13H2,1-5H3,(H,24,28). The third-order valence-electron chi connectivity index (χ3n) is 5.07. The van der Waals surface area contributed by atoms with E-state index in [1.807, 2.05) is 20.8 Å². The maximum atomic E-state index is 14.8. The smallest absolute Gasteiger partial charge is 0.240 e. The van der Waals surface area contributed by atoms with E-state index in [-0.39, 0.29) is 35.3 Å². The molecule has 1 unspecified atom stereocenters. The second-order valence-electron chi connectivity index (χ2n) is 8.49. The van der Waals surface area contributed by atoms with Gasteiger partial charge in [-0.25, -0.2) is 4.39 Å². The van der Waals surface area contributed by atoms with Crippen molar-refractivity contribution in [1.29, 1.82) is 0 Å². The minimum Gasteiger partial charge on any atom is -0.383 e. The number of rotatable bonds is 6. The number of carbonyl (C=O) groups is 2. The molecule has 1 N–H and O–H groups in total. The molecule has 0 saturated heterocycles. The number of amides is 2. The number of hydrogen-bond acceptors (Lipinski definition) is 5. The van der Waals surface area contributed by atoms with Gasteiger partial charge in [0.05, 0.1) is 23.3 Å². The van der Waals surface area contributed by atoms with Crippen LogP contribution in [0.2, 0.25) is 0 Å². The fourth-order valence-electron chi connectivity index (χ4n) is 3.67. The summed E-state index contributed by atoms with van der Waals surface area (Å²) in [5.74, 6) is -0.162. The Morgan fingerprint density at radius 1 is 1.35 bits per heavy atom. The first-order valence-corrected chi connectivity index (χ1v) is 11.2. The van der Waals surface area contributed by atoms with Crippen LogP contribution in [0.3, 0.4) is 0 Å². The van der Waals surface area contributed by atoms with E-state index in [1.165, 1.54) is 22.7 Å². The first-order valence-electron chi connectivity index (χ1n) is 10.1. The third-order valence-corrected chi connectivity index (χ3v) is 6.31. The number of aryl methyl sites for hydroxylation is 1. The lowest BCUT2D eigenvalue weighted by Gasteiger charge is -2.24. The van der Waals surface area contributed by atoms with E-state index in [1.54, 1.807) is 37.0 Å². The molecule has 1 aliphatic rings. The van der Waals surface area contributed by atoms with E-state index < -0.39 is 5.25 Å². The van der Waals surface area contributed by atoms with Crippen molar-refractivity contribution in [1.82, 2.24) is 15.1 Å². The van der Waals surface area contributed by atoms with Crippen LogP contribution in [0.4, 0.5) is 10.2 Å². The van der Waals surface area contributed by atoms with Crippen LogP contribution in [0.1, 0.15) is 42.8 Å². The molecule has 3 rings (SSSR count). The molecule has 168 valence electrons. The van der Waals surface area contributed by atoms with Gasteiger partial charge < -0.3 is 10.1 Å². The minimum absolute atomic E-state index is 0.128. The van der Waals surface area contributed by atoms with Gasteiger partial charge in [-0.15, -0.1) is 11.8 Å². The summed E-state index contributed by atoms with van der Waals surface area (Å²) in [6, 6.07) is 6.61. The van der Waals surface area contributed by atoms with Gasteiger partial charge in [0.1, 0.15) is 18.2 Å². The molecule has 7 nitrogen and oxygen atoms in total. The van der Waals surface area contributed by atoms with E-state index in [9.17, 15) is 14.0 Å². The summed E-state index contributed by atoms with van der Waals surface area (Å²) in [6.07, 6.45) is 0. The molecular formula is C22H29FN4O3S. The molecule has 31 heavy (non-hydrogen) atoms. The van der Waals surface area contributed by atoms with Crippen molar-refractivity contribution in [3.8, 4) is 0 Å². The summed E-state index contributed by atoms with van der Waals surface area (Å²) in [6.45, 7) is 6.71. The highest BCUT2D eigenvalue weighted by atomic mass is 32.2. The van der Waals surface area contributed by atoms with Crippen LogP contribution in [-0.2, 0) is 26.8 Å². The van der Waals surface area contributed by atoms with Crippen LogP contribution in [-0.4, -0.2) is 54.2 Å². The Hall–Kier alpha value is -2.39. The van der Waals surface area contributed by atoms with Gasteiger partial charge in [-0.3, -0.25) is 19.2 Å². The number of benzene rings is 1. The summed E-state index contributed by atoms with van der Waals surface area (Å²) in [7, 11) is 3.31. The lowest BCUT2D eigenvalue weighted by Crippen LogP contribution is -2.43. The molecule has 1 aromatic heterocycles. The minimum atomic E-state index is -0.412. The van der Waals surface area contributed by atoms with Crippen molar-refractivity contribution in [2.75, 3.05) is 37.5 Å². The van der Waals surface area contributed by atoms with Crippen molar-refractivity contribution >= 4 is 29.4 Å². The highest BCUT2D eigenvalue weighted by Gasteiger charge is 2.39. The fourth-order valence-corrected chi connectivity index (χ4v) is 4.89. The Labute approximate surface area is 186 Å².